The number of halogens is 15. The molecular formula is C16H21Cl15Si5. The molecule has 210 valence electrons. The molecule has 0 amide bonds. The maximum Gasteiger partial charge on any atom is 0.348 e. The second-order valence-electron chi connectivity index (χ2n) is 8.61. The van der Waals surface area contributed by atoms with Gasteiger partial charge in [-0.05, 0) is 27.8 Å². The van der Waals surface area contributed by atoms with Crippen LogP contribution in [0.3, 0.4) is 0 Å². The average molecular weight is 886 g/mol. The molecule has 0 N–H and O–H groups in total. The Balaban J connectivity index is 4.61. The molecule has 0 fully saturated rings. The van der Waals surface area contributed by atoms with Gasteiger partial charge in [0.25, 0.3) is 0 Å². The summed E-state index contributed by atoms with van der Waals surface area (Å²) >= 11 is 98.3. The highest BCUT2D eigenvalue weighted by molar-refractivity contribution is 7.67. The summed E-state index contributed by atoms with van der Waals surface area (Å²) in [4.78, 5) is 0. The fourth-order valence-electron chi connectivity index (χ4n) is 3.77. The zero-order chi connectivity index (χ0) is 29.0. The van der Waals surface area contributed by atoms with Crippen molar-refractivity contribution < 1.29 is 0 Å². The molecule has 36 heavy (non-hydrogen) atoms. The monoisotopic (exact) mass is 878 g/mol. The Morgan fingerprint density at radius 1 is 0.361 bits per heavy atom. The van der Waals surface area contributed by atoms with Gasteiger partial charge in [0.15, 0.2) is 0 Å². The smallest absolute Gasteiger partial charge is 0.125 e. The standard InChI is InChI=1S/C16H21Cl15Si5/c1-7(32(17,18)19)12-6-13(8(2)33(20,21)22)15(10(4)35(26,27)28)16(11(5)36(29,30)31)14(12)9(3)34(23,24)25/h6-11H,1-5H3. The highest BCUT2D eigenvalue weighted by atomic mass is 35.9. The van der Waals surface area contributed by atoms with E-state index in [1.807, 2.05) is 6.07 Å². The molecule has 5 unspecified atom stereocenters. The van der Waals surface area contributed by atoms with E-state index in [9.17, 15) is 0 Å². The Morgan fingerprint density at radius 2 is 0.556 bits per heavy atom. The lowest BCUT2D eigenvalue weighted by Crippen LogP contribution is -2.35. The first kappa shape index (κ1) is 38.7. The Labute approximate surface area is 288 Å². The van der Waals surface area contributed by atoms with E-state index in [0.29, 0.717) is 27.8 Å². The maximum atomic E-state index is 6.60. The molecule has 0 saturated heterocycles. The fraction of sp³-hybridized carbons (Fsp3) is 0.625. The molecular weight excluding hydrogens is 864 g/mol. The second-order valence-corrected chi connectivity index (χ2v) is 53.9. The predicted octanol–water partition coefficient (Wildman–Crippen LogP) is 13.2. The van der Waals surface area contributed by atoms with E-state index in [2.05, 4.69) is 0 Å². The molecule has 1 rings (SSSR count). The largest absolute Gasteiger partial charge is 0.348 e. The van der Waals surface area contributed by atoms with Crippen LogP contribution < -0.4 is 0 Å². The van der Waals surface area contributed by atoms with Gasteiger partial charge in [-0.15, -0.1) is 166 Å². The van der Waals surface area contributed by atoms with Gasteiger partial charge in [0.05, 0.1) is 0 Å². The van der Waals surface area contributed by atoms with Gasteiger partial charge in [0.1, 0.15) is 0 Å². The van der Waals surface area contributed by atoms with E-state index in [1.54, 1.807) is 34.6 Å². The van der Waals surface area contributed by atoms with Crippen molar-refractivity contribution >= 4 is 196 Å². The number of benzene rings is 1. The van der Waals surface area contributed by atoms with Crippen LogP contribution in [0, 0.1) is 0 Å². The quantitative estimate of drug-likeness (QED) is 0.162. The minimum Gasteiger partial charge on any atom is -0.125 e. The molecule has 0 saturated carbocycles. The Hall–Kier alpha value is 4.65. The summed E-state index contributed by atoms with van der Waals surface area (Å²) in [5, 5.41) is 0. The molecule has 0 aliphatic rings. The van der Waals surface area contributed by atoms with Crippen LogP contribution in [0.5, 0.6) is 0 Å². The van der Waals surface area contributed by atoms with Crippen molar-refractivity contribution in [3.05, 3.63) is 33.9 Å². The van der Waals surface area contributed by atoms with Gasteiger partial charge in [-0.3, -0.25) is 0 Å². The highest BCUT2D eigenvalue weighted by Crippen LogP contribution is 2.55. The van der Waals surface area contributed by atoms with Gasteiger partial charge in [-0.1, -0.05) is 40.7 Å². The lowest BCUT2D eigenvalue weighted by Gasteiger charge is -2.38. The Bertz CT molecular complexity index is 867. The molecule has 0 aliphatic carbocycles. The molecule has 0 radical (unpaired) electrons. The van der Waals surface area contributed by atoms with Crippen LogP contribution in [-0.2, 0) is 0 Å². The third-order valence-corrected chi connectivity index (χ3v) is 27.3. The minimum absolute atomic E-state index is 0.554. The summed E-state index contributed by atoms with van der Waals surface area (Å²) < 4.78 is 0. The molecule has 0 bridgehead atoms. The predicted molar refractivity (Wildman–Crippen MR) is 185 cm³/mol. The van der Waals surface area contributed by atoms with E-state index >= 15 is 0 Å². The lowest BCUT2D eigenvalue weighted by molar-refractivity contribution is 0.854. The third-order valence-electron chi connectivity index (χ3n) is 6.20. The summed E-state index contributed by atoms with van der Waals surface area (Å²) in [6.45, 7) is 8.94. The van der Waals surface area contributed by atoms with E-state index in [-0.39, 0.29) is 0 Å². The summed E-state index contributed by atoms with van der Waals surface area (Å²) in [5.74, 6) is 0. The van der Waals surface area contributed by atoms with Crippen LogP contribution in [0.15, 0.2) is 6.07 Å². The summed E-state index contributed by atoms with van der Waals surface area (Å²) in [6.07, 6.45) is 0. The Morgan fingerprint density at radius 3 is 0.750 bits per heavy atom. The summed E-state index contributed by atoms with van der Waals surface area (Å²) in [6, 6.07) is -15.2. The second kappa shape index (κ2) is 13.7. The lowest BCUT2D eigenvalue weighted by atomic mass is 9.85. The van der Waals surface area contributed by atoms with Crippen molar-refractivity contribution in [3.63, 3.8) is 0 Å². The van der Waals surface area contributed by atoms with E-state index in [0.717, 1.165) is 0 Å². The molecule has 0 heterocycles. The first-order valence-corrected chi connectivity index (χ1v) is 35.8. The number of rotatable bonds is 10. The van der Waals surface area contributed by atoms with Crippen LogP contribution >= 0.6 is 166 Å². The molecule has 0 aromatic heterocycles. The molecule has 0 spiro atoms. The number of hydrogen-bond acceptors (Lipinski definition) is 0. The van der Waals surface area contributed by atoms with Crippen LogP contribution in [0.25, 0.3) is 0 Å². The average Bonchev–Trinajstić information content (AvgIpc) is 2.65. The summed E-state index contributed by atoms with van der Waals surface area (Å²) in [7, 11) is 0. The van der Waals surface area contributed by atoms with E-state index in [4.69, 9.17) is 166 Å². The SMILES string of the molecule is CC(c1cc(C(C)[Si](Cl)(Cl)Cl)c(C(C)[Si](Cl)(Cl)Cl)c(C(C)[Si](Cl)(Cl)Cl)c1C(C)[Si](Cl)(Cl)Cl)[Si](Cl)(Cl)Cl. The molecule has 1 aromatic rings. The normalized spacial score (nSPS) is 18.6. The van der Waals surface area contributed by atoms with Crippen LogP contribution in [-0.4, -0.2) is 30.0 Å². The van der Waals surface area contributed by atoms with Gasteiger partial charge in [-0.25, -0.2) is 0 Å². The Kier molecular flexibility index (Phi) is 14.8. The van der Waals surface area contributed by atoms with Crippen molar-refractivity contribution in [2.45, 2.75) is 62.3 Å². The molecule has 20 heteroatoms. The molecule has 1 aromatic carbocycles. The van der Waals surface area contributed by atoms with Gasteiger partial charge in [0.2, 0.25) is 0 Å². The van der Waals surface area contributed by atoms with E-state index in [1.165, 1.54) is 0 Å². The van der Waals surface area contributed by atoms with E-state index < -0.39 is 57.7 Å². The molecule has 5 atom stereocenters. The third kappa shape index (κ3) is 9.83. The van der Waals surface area contributed by atoms with Gasteiger partial charge in [0, 0.05) is 27.7 Å². The van der Waals surface area contributed by atoms with Gasteiger partial charge in [-0.2, -0.15) is 0 Å². The topological polar surface area (TPSA) is 0 Å². The highest BCUT2D eigenvalue weighted by Gasteiger charge is 2.50. The fourth-order valence-corrected chi connectivity index (χ4v) is 12.0. The zero-order valence-corrected chi connectivity index (χ0v) is 35.5. The first-order valence-electron chi connectivity index (χ1n) is 10.2. The van der Waals surface area contributed by atoms with Crippen molar-refractivity contribution in [1.29, 1.82) is 0 Å². The maximum absolute atomic E-state index is 6.60. The van der Waals surface area contributed by atoms with Crippen LogP contribution in [0.4, 0.5) is 0 Å². The van der Waals surface area contributed by atoms with Crippen molar-refractivity contribution in [2.75, 3.05) is 0 Å². The van der Waals surface area contributed by atoms with Crippen molar-refractivity contribution in [3.8, 4) is 0 Å². The molecule has 0 aliphatic heterocycles. The summed E-state index contributed by atoms with van der Waals surface area (Å²) in [5.41, 5.74) is 0.149. The molecule has 0 nitrogen and oxygen atoms in total. The zero-order valence-electron chi connectivity index (χ0n) is 19.1. The first-order chi connectivity index (χ1) is 15.6. The minimum atomic E-state index is -3.47. The van der Waals surface area contributed by atoms with Crippen LogP contribution in [0.2, 0.25) is 0 Å². The van der Waals surface area contributed by atoms with Crippen LogP contribution in [0.1, 0.15) is 90.1 Å². The van der Waals surface area contributed by atoms with Gasteiger partial charge >= 0.3 is 30.0 Å². The van der Waals surface area contributed by atoms with Crippen molar-refractivity contribution in [1.82, 2.24) is 0 Å². The van der Waals surface area contributed by atoms with Crippen molar-refractivity contribution in [2.24, 2.45) is 0 Å². The number of hydrogen-bond donors (Lipinski definition) is 0. The van der Waals surface area contributed by atoms with Gasteiger partial charge < -0.3 is 0 Å².